The Labute approximate surface area is 204 Å². The first-order chi connectivity index (χ1) is 16.5. The molecule has 0 unspecified atom stereocenters. The maximum Gasteiger partial charge on any atom is 0.490 e. The summed E-state index contributed by atoms with van der Waals surface area (Å²) in [7, 11) is -3.71. The van der Waals surface area contributed by atoms with E-state index in [0.717, 1.165) is 63.6 Å². The van der Waals surface area contributed by atoms with E-state index in [1.165, 1.54) is 4.31 Å². The van der Waals surface area contributed by atoms with E-state index < -0.39 is 22.2 Å². The van der Waals surface area contributed by atoms with Crippen molar-refractivity contribution in [1.29, 1.82) is 0 Å². The van der Waals surface area contributed by atoms with E-state index in [1.807, 2.05) is 19.1 Å². The second-order valence-electron chi connectivity index (χ2n) is 8.63. The van der Waals surface area contributed by atoms with Crippen LogP contribution in [0.3, 0.4) is 0 Å². The molecular weight excluding hydrogens is 487 g/mol. The van der Waals surface area contributed by atoms with Crippen LogP contribution in [0.25, 0.3) is 0 Å². The molecule has 1 aromatic rings. The van der Waals surface area contributed by atoms with E-state index >= 15 is 0 Å². The highest BCUT2D eigenvalue weighted by atomic mass is 32.2. The monoisotopic (exact) mass is 521 g/mol. The van der Waals surface area contributed by atoms with Crippen molar-refractivity contribution in [2.24, 2.45) is 0 Å². The molecule has 2 aliphatic rings. The smallest absolute Gasteiger partial charge is 0.475 e. The summed E-state index contributed by atoms with van der Waals surface area (Å²) in [5.41, 5.74) is 1.11. The van der Waals surface area contributed by atoms with Crippen molar-refractivity contribution in [3.63, 3.8) is 0 Å². The number of carbonyl (C=O) groups is 2. The number of halogens is 3. The second-order valence-corrected chi connectivity index (χ2v) is 10.5. The lowest BCUT2D eigenvalue weighted by Crippen LogP contribution is -2.52. The summed E-state index contributed by atoms with van der Waals surface area (Å²) in [4.78, 5) is 23.9. The van der Waals surface area contributed by atoms with Crippen LogP contribution in [0.5, 0.6) is 0 Å². The van der Waals surface area contributed by atoms with E-state index in [9.17, 15) is 26.4 Å². The zero-order chi connectivity index (χ0) is 26.1. The zero-order valence-corrected chi connectivity index (χ0v) is 20.7. The summed E-state index contributed by atoms with van der Waals surface area (Å²) in [6, 6.07) is 7.03. The fourth-order valence-electron chi connectivity index (χ4n) is 4.14. The quantitative estimate of drug-likeness (QED) is 0.558. The van der Waals surface area contributed by atoms with Crippen molar-refractivity contribution < 1.29 is 36.3 Å². The van der Waals surface area contributed by atoms with Gasteiger partial charge in [0.15, 0.2) is 0 Å². The molecule has 1 aliphatic carbocycles. The van der Waals surface area contributed by atoms with Gasteiger partial charge in [0.2, 0.25) is 15.9 Å². The zero-order valence-electron chi connectivity index (χ0n) is 19.9. The number of hydrogen-bond donors (Lipinski definition) is 2. The first-order valence-corrected chi connectivity index (χ1v) is 13.3. The van der Waals surface area contributed by atoms with Crippen LogP contribution in [-0.4, -0.2) is 79.5 Å². The van der Waals surface area contributed by atoms with E-state index in [2.05, 4.69) is 5.32 Å². The van der Waals surface area contributed by atoms with Crippen LogP contribution in [0.2, 0.25) is 0 Å². The van der Waals surface area contributed by atoms with Gasteiger partial charge in [-0.3, -0.25) is 4.79 Å². The van der Waals surface area contributed by atoms with Crippen LogP contribution in [0.15, 0.2) is 29.2 Å². The van der Waals surface area contributed by atoms with Crippen LogP contribution in [0, 0.1) is 0 Å². The molecule has 3 rings (SSSR count). The van der Waals surface area contributed by atoms with Crippen molar-refractivity contribution >= 4 is 21.9 Å². The standard InChI is InChI=1S/C21H33N3O3S.C2HF3O2/c1-2-18-9-11-20(12-10-18)28(26,27)24(19-7-5-3-4-6-8-19)17-21(25)23-15-13-22-14-16-23;3-2(4,5)1(6)7/h9-12,19,22H,2-8,13-17H2,1H3;(H,6,7). The Morgan fingerprint density at radius 2 is 1.57 bits per heavy atom. The minimum Gasteiger partial charge on any atom is -0.475 e. The van der Waals surface area contributed by atoms with E-state index in [4.69, 9.17) is 9.90 Å². The fourth-order valence-corrected chi connectivity index (χ4v) is 5.77. The molecule has 0 radical (unpaired) electrons. The summed E-state index contributed by atoms with van der Waals surface area (Å²) < 4.78 is 60.2. The van der Waals surface area contributed by atoms with Gasteiger partial charge in [-0.05, 0) is 37.0 Å². The Bertz CT molecular complexity index is 925. The third kappa shape index (κ3) is 8.76. The molecule has 1 saturated carbocycles. The Morgan fingerprint density at radius 3 is 2.03 bits per heavy atom. The number of nitrogens with zero attached hydrogens (tertiary/aromatic N) is 2. The van der Waals surface area contributed by atoms with Gasteiger partial charge in [0.25, 0.3) is 0 Å². The maximum absolute atomic E-state index is 13.5. The Morgan fingerprint density at radius 1 is 1.06 bits per heavy atom. The lowest BCUT2D eigenvalue weighted by atomic mass is 10.1. The highest BCUT2D eigenvalue weighted by molar-refractivity contribution is 7.89. The van der Waals surface area contributed by atoms with Gasteiger partial charge >= 0.3 is 12.1 Å². The molecule has 1 aromatic carbocycles. The lowest BCUT2D eigenvalue weighted by Gasteiger charge is -2.33. The van der Waals surface area contributed by atoms with Crippen LogP contribution in [0.1, 0.15) is 51.0 Å². The van der Waals surface area contributed by atoms with Crippen molar-refractivity contribution in [2.45, 2.75) is 69.0 Å². The van der Waals surface area contributed by atoms with Crippen LogP contribution in [0.4, 0.5) is 13.2 Å². The molecule has 2 fully saturated rings. The molecule has 2 N–H and O–H groups in total. The maximum atomic E-state index is 13.5. The third-order valence-corrected chi connectivity index (χ3v) is 8.09. The minimum atomic E-state index is -5.08. The SMILES string of the molecule is CCc1ccc(S(=O)(=O)N(CC(=O)N2CCNCC2)C2CCCCCC2)cc1.O=C(O)C(F)(F)F. The molecule has 0 spiro atoms. The Hall–Kier alpha value is -2.18. The molecule has 0 atom stereocenters. The Kier molecular flexibility index (Phi) is 11.0. The Balaban J connectivity index is 0.000000540. The van der Waals surface area contributed by atoms with Crippen molar-refractivity contribution in [3.8, 4) is 0 Å². The number of sulfonamides is 1. The third-order valence-electron chi connectivity index (χ3n) is 6.17. The number of piperazine rings is 1. The first-order valence-electron chi connectivity index (χ1n) is 11.9. The summed E-state index contributed by atoms with van der Waals surface area (Å²) in [5.74, 6) is -2.84. The number of aliphatic carboxylic acids is 1. The van der Waals surface area contributed by atoms with Crippen molar-refractivity contribution in [3.05, 3.63) is 29.8 Å². The number of alkyl halides is 3. The normalized spacial score (nSPS) is 17.9. The van der Waals surface area contributed by atoms with Crippen LogP contribution >= 0.6 is 0 Å². The van der Waals surface area contributed by atoms with Crippen LogP contribution < -0.4 is 5.32 Å². The molecule has 12 heteroatoms. The van der Waals surface area contributed by atoms with Gasteiger partial charge in [0.05, 0.1) is 11.4 Å². The fraction of sp³-hybridized carbons (Fsp3) is 0.652. The van der Waals surface area contributed by atoms with Gasteiger partial charge in [0, 0.05) is 32.2 Å². The molecule has 1 amide bonds. The molecule has 8 nitrogen and oxygen atoms in total. The number of amides is 1. The van der Waals surface area contributed by atoms with Crippen molar-refractivity contribution in [1.82, 2.24) is 14.5 Å². The first kappa shape index (κ1) is 29.1. The lowest BCUT2D eigenvalue weighted by molar-refractivity contribution is -0.192. The minimum absolute atomic E-state index is 0.0530. The van der Waals surface area contributed by atoms with E-state index in [-0.39, 0.29) is 18.5 Å². The molecule has 1 saturated heterocycles. The average molecular weight is 522 g/mol. The number of benzene rings is 1. The van der Waals surface area contributed by atoms with Gasteiger partial charge in [-0.25, -0.2) is 13.2 Å². The molecule has 1 aliphatic heterocycles. The summed E-state index contributed by atoms with van der Waals surface area (Å²) in [6.45, 7) is 4.81. The number of carboxylic acid groups (broad SMARTS) is 1. The summed E-state index contributed by atoms with van der Waals surface area (Å²) in [5, 5.41) is 10.4. The van der Waals surface area contributed by atoms with Crippen LogP contribution in [-0.2, 0) is 26.0 Å². The highest BCUT2D eigenvalue weighted by Crippen LogP contribution is 2.27. The number of hydrogen-bond acceptors (Lipinski definition) is 5. The largest absolute Gasteiger partial charge is 0.490 e. The van der Waals surface area contributed by atoms with Crippen molar-refractivity contribution in [2.75, 3.05) is 32.7 Å². The predicted octanol–water partition coefficient (Wildman–Crippen LogP) is 3.03. The number of carboxylic acids is 1. The number of nitrogens with one attached hydrogen (secondary N) is 1. The number of aryl methyl sites for hydroxylation is 1. The van der Waals surface area contributed by atoms with Gasteiger partial charge < -0.3 is 15.3 Å². The number of rotatable bonds is 6. The second kappa shape index (κ2) is 13.2. The van der Waals surface area contributed by atoms with E-state index in [0.29, 0.717) is 18.0 Å². The molecule has 0 bridgehead atoms. The molecule has 1 heterocycles. The van der Waals surface area contributed by atoms with Gasteiger partial charge in [-0.15, -0.1) is 0 Å². The predicted molar refractivity (Wildman–Crippen MR) is 124 cm³/mol. The summed E-state index contributed by atoms with van der Waals surface area (Å²) in [6.07, 6.45) is 1.78. The molecule has 35 heavy (non-hydrogen) atoms. The van der Waals surface area contributed by atoms with E-state index in [1.54, 1.807) is 17.0 Å². The number of carbonyl (C=O) groups excluding carboxylic acids is 1. The molecule has 0 aromatic heterocycles. The van der Waals surface area contributed by atoms with Gasteiger partial charge in [-0.1, -0.05) is 44.7 Å². The molecule has 198 valence electrons. The average Bonchev–Trinajstić information content (AvgIpc) is 3.12. The topological polar surface area (TPSA) is 107 Å². The van der Waals surface area contributed by atoms with Gasteiger partial charge in [0.1, 0.15) is 0 Å². The van der Waals surface area contributed by atoms with Gasteiger partial charge in [-0.2, -0.15) is 17.5 Å². The summed E-state index contributed by atoms with van der Waals surface area (Å²) >= 11 is 0. The highest BCUT2D eigenvalue weighted by Gasteiger charge is 2.38. The molecular formula is C23H34F3N3O5S.